The Labute approximate surface area is 698 Å². The van der Waals surface area contributed by atoms with Crippen LogP contribution in [-0.2, 0) is 5.60 Å². The largest absolute Gasteiger partial charge is 0.394 e. The van der Waals surface area contributed by atoms with E-state index in [9.17, 15) is 56.6 Å². The van der Waals surface area contributed by atoms with Gasteiger partial charge in [0.25, 0.3) is 44.5 Å². The van der Waals surface area contributed by atoms with Crippen LogP contribution in [0.3, 0.4) is 0 Å². The Kier molecular flexibility index (Phi) is 30.5. The van der Waals surface area contributed by atoms with Crippen molar-refractivity contribution < 1.29 is 18.3 Å². The zero-order chi connectivity index (χ0) is 89.2. The van der Waals surface area contributed by atoms with Crippen LogP contribution in [0.15, 0.2) is 307 Å². The van der Waals surface area contributed by atoms with E-state index >= 15 is 0 Å². The molecule has 626 valence electrons. The molecule has 0 bridgehead atoms. The number of nitrogens with zero attached hydrogens (tertiary/aromatic N) is 20. The number of nitrogens with two attached hydrogens (primary N) is 8. The number of aryl methyl sites for hydroxylation is 3. The van der Waals surface area contributed by atoms with E-state index in [4.69, 9.17) is 57.5 Å². The molecule has 16 aromatic rings. The minimum Gasteiger partial charge on any atom is -0.394 e. The first-order chi connectivity index (χ1) is 58.7. The molecule has 0 amide bonds. The number of nitrogen functional groups attached to an aromatic ring is 8. The van der Waals surface area contributed by atoms with Crippen molar-refractivity contribution in [2.45, 2.75) is 40.2 Å². The van der Waals surface area contributed by atoms with E-state index in [1.807, 2.05) is 32.9 Å². The van der Waals surface area contributed by atoms with Gasteiger partial charge in [0.1, 0.15) is 40.4 Å². The third-order valence-electron chi connectivity index (χ3n) is 16.0. The number of aromatic nitrogens is 20. The summed E-state index contributed by atoms with van der Waals surface area (Å²) in [6, 6.07) is 43.1. The van der Waals surface area contributed by atoms with Crippen LogP contribution >= 0.6 is 11.6 Å². The van der Waals surface area contributed by atoms with Gasteiger partial charge in [-0.15, -0.1) is 0 Å². The number of halogens is 4. The second-order valence-electron chi connectivity index (χ2n) is 25.9. The summed E-state index contributed by atoms with van der Waals surface area (Å²) in [4.78, 5) is 140. The highest BCUT2D eigenvalue weighted by Crippen LogP contribution is 2.19. The average molecular weight is 1690 g/mol. The average Bonchev–Trinajstić information content (AvgIpc) is 0.840. The Morgan fingerprint density at radius 1 is 0.317 bits per heavy atom. The second-order valence-corrected chi connectivity index (χ2v) is 26.3. The van der Waals surface area contributed by atoms with Crippen LogP contribution < -0.4 is 90.3 Å². The maximum absolute atomic E-state index is 13.0. The van der Waals surface area contributed by atoms with Crippen molar-refractivity contribution in [1.82, 2.24) is 96.3 Å². The van der Waals surface area contributed by atoms with E-state index in [2.05, 4.69) is 59.8 Å². The van der Waals surface area contributed by atoms with Crippen molar-refractivity contribution >= 4 is 57.1 Å². The molecule has 37 nitrogen and oxygen atoms in total. The van der Waals surface area contributed by atoms with Crippen molar-refractivity contribution in [3.8, 4) is 47.1 Å². The summed E-state index contributed by atoms with van der Waals surface area (Å²) in [5, 5.41) is 10.3. The summed E-state index contributed by atoms with van der Waals surface area (Å²) in [7, 11) is 0. The molecule has 16 heterocycles. The molecule has 0 atom stereocenters. The van der Waals surface area contributed by atoms with Gasteiger partial charge in [-0.3, -0.25) is 74.9 Å². The third kappa shape index (κ3) is 24.5. The minimum absolute atomic E-state index is 0.0884. The van der Waals surface area contributed by atoms with Crippen LogP contribution in [-0.4, -0.2) is 101 Å². The normalized spacial score (nSPS) is 10.4. The van der Waals surface area contributed by atoms with Crippen LogP contribution in [0, 0.1) is 38.4 Å². The van der Waals surface area contributed by atoms with Gasteiger partial charge in [0.05, 0.1) is 75.3 Å². The van der Waals surface area contributed by atoms with Crippen molar-refractivity contribution in [3.05, 3.63) is 397 Å². The van der Waals surface area contributed by atoms with Gasteiger partial charge in [0, 0.05) is 92.3 Å². The standard InChI is InChI=1S/C13H15N3O2.C11H11N3O.2C10H8FN3O.2C10H10N4O.C9H7ClN4O.C9H7FN4O/c1-13(2,18)10-6-3-7-11(15-10)16-8-4-5-9(14)12(16)17;1-8-4-2-6-10(13-8)14-7-3-5-9(12)11(14)15;11-8-4-1-5-9(13-8)14-6-2-3-7(12)10(14)15;11-7-5-8(12)10(15)14(6-7)9-3-1-2-4-13-9;2*1-7-5-12-10(13-6-7)14-4-2-3-8(11)9(14)15;2*10-6-4-12-9(13-5-6)14-3-1-2-7(11)8(14)15/h3-8,18H,14H2,1-2H3;2-7H,12H2,1H3;2*1-6H,12H2;2*2-6H,11H2,1H3;2*1-5H,11H2. The Morgan fingerprint density at radius 2 is 0.626 bits per heavy atom. The number of aliphatic hydroxyl groups is 1. The lowest BCUT2D eigenvalue weighted by Crippen LogP contribution is -2.23. The summed E-state index contributed by atoms with van der Waals surface area (Å²) in [6.45, 7) is 8.92. The highest BCUT2D eigenvalue weighted by Gasteiger charge is 2.19. The van der Waals surface area contributed by atoms with Gasteiger partial charge in [-0.25, -0.2) is 68.6 Å². The van der Waals surface area contributed by atoms with E-state index in [0.29, 0.717) is 40.1 Å². The second kappa shape index (κ2) is 41.7. The number of hydrogen-bond acceptors (Lipinski definition) is 29. The summed E-state index contributed by atoms with van der Waals surface area (Å²) in [5.41, 5.74) is 44.1. The molecule has 123 heavy (non-hydrogen) atoms. The molecule has 0 aromatic carbocycles. The predicted octanol–water partition coefficient (Wildman–Crippen LogP) is 6.32. The molecule has 0 unspecified atom stereocenters. The number of pyridine rings is 12. The van der Waals surface area contributed by atoms with Crippen molar-refractivity contribution in [3.63, 3.8) is 0 Å². The molecule has 16 rings (SSSR count). The third-order valence-corrected chi connectivity index (χ3v) is 16.2. The topological polar surface area (TPSA) is 559 Å². The summed E-state index contributed by atoms with van der Waals surface area (Å²) < 4.78 is 48.5. The van der Waals surface area contributed by atoms with Crippen molar-refractivity contribution in [1.29, 1.82) is 0 Å². The molecule has 0 radical (unpaired) electrons. The Balaban J connectivity index is 0.000000160. The highest BCUT2D eigenvalue weighted by atomic mass is 35.5. The SMILES string of the molecule is CC(C)(O)c1cccc(-n2cccc(N)c2=O)n1.Cc1cccc(-n2cccc(N)c2=O)n1.Cc1cnc(-n2cccc(N)c2=O)nc1.Cc1cnc(-n2cccc(N)c2=O)nc1.Nc1cc(F)cn(-c2ccccn2)c1=O.Nc1cccn(-c2cccc(F)n2)c1=O.Nc1cccn(-c2ncc(Cl)cn2)c1=O.Nc1cccn(-c2ncc(F)cn2)c1=O. The van der Waals surface area contributed by atoms with Gasteiger partial charge >= 0.3 is 0 Å². The first-order valence-corrected chi connectivity index (χ1v) is 36.3. The first kappa shape index (κ1) is 89.9. The lowest BCUT2D eigenvalue weighted by molar-refractivity contribution is 0.0738. The zero-order valence-electron chi connectivity index (χ0n) is 65.7. The van der Waals surface area contributed by atoms with E-state index in [-0.39, 0.29) is 91.0 Å². The molecule has 0 aliphatic heterocycles. The molecule has 0 spiro atoms. The number of rotatable bonds is 9. The van der Waals surface area contributed by atoms with Crippen LogP contribution in [0.1, 0.15) is 36.4 Å². The van der Waals surface area contributed by atoms with Gasteiger partial charge in [-0.05, 0) is 179 Å². The minimum atomic E-state index is -1.06. The van der Waals surface area contributed by atoms with Gasteiger partial charge in [0.15, 0.2) is 5.82 Å². The smallest absolute Gasteiger partial charge is 0.280 e. The maximum Gasteiger partial charge on any atom is 0.280 e. The van der Waals surface area contributed by atoms with Crippen LogP contribution in [0.5, 0.6) is 0 Å². The monoisotopic (exact) mass is 1690 g/mol. The van der Waals surface area contributed by atoms with Gasteiger partial charge < -0.3 is 51.0 Å². The van der Waals surface area contributed by atoms with Gasteiger partial charge in [-0.1, -0.05) is 35.9 Å². The van der Waals surface area contributed by atoms with Gasteiger partial charge in [-0.2, -0.15) is 4.39 Å². The molecule has 0 saturated carbocycles. The number of hydrogen-bond donors (Lipinski definition) is 9. The molecule has 41 heteroatoms. The lowest BCUT2D eigenvalue weighted by atomic mass is 10.1. The lowest BCUT2D eigenvalue weighted by Gasteiger charge is -2.17. The molecule has 0 aliphatic rings. The Morgan fingerprint density at radius 3 is 0.976 bits per heavy atom. The fourth-order valence-electron chi connectivity index (χ4n) is 9.95. The summed E-state index contributed by atoms with van der Waals surface area (Å²) in [6.07, 6.45) is 24.9. The maximum atomic E-state index is 13.0. The summed E-state index contributed by atoms with van der Waals surface area (Å²) >= 11 is 5.63. The van der Waals surface area contributed by atoms with E-state index < -0.39 is 39.9 Å². The van der Waals surface area contributed by atoms with Gasteiger partial charge in [0.2, 0.25) is 29.7 Å². The molecule has 0 aliphatic carbocycles. The number of anilines is 8. The van der Waals surface area contributed by atoms with Crippen molar-refractivity contribution in [2.24, 2.45) is 0 Å². The van der Waals surface area contributed by atoms with E-state index in [0.717, 1.165) is 50.6 Å². The Hall–Kier alpha value is -17.0. The van der Waals surface area contributed by atoms with Crippen LogP contribution in [0.25, 0.3) is 47.1 Å². The molecular formula is C82H76ClF3N28O9. The fraction of sp³-hybridized carbons (Fsp3) is 0.0732. The Bertz CT molecular complexity index is 6350. The predicted molar refractivity (Wildman–Crippen MR) is 459 cm³/mol. The highest BCUT2D eigenvalue weighted by molar-refractivity contribution is 6.30. The molecule has 0 fully saturated rings. The van der Waals surface area contributed by atoms with E-state index in [1.54, 1.807) is 179 Å². The van der Waals surface area contributed by atoms with Crippen LogP contribution in [0.2, 0.25) is 5.02 Å². The fourth-order valence-corrected chi connectivity index (χ4v) is 10.1. The molecule has 16 aromatic heterocycles. The first-order valence-electron chi connectivity index (χ1n) is 35.9. The molecular weight excluding hydrogens is 1610 g/mol. The van der Waals surface area contributed by atoms with Crippen molar-refractivity contribution in [2.75, 3.05) is 45.9 Å². The van der Waals surface area contributed by atoms with Crippen LogP contribution in [0.4, 0.5) is 58.7 Å². The quantitative estimate of drug-likeness (QED) is 0.0713. The van der Waals surface area contributed by atoms with E-state index in [1.165, 1.54) is 94.8 Å². The summed E-state index contributed by atoms with van der Waals surface area (Å²) in [5.74, 6) is 0.816. The molecule has 0 saturated heterocycles. The zero-order valence-corrected chi connectivity index (χ0v) is 66.4. The molecule has 17 N–H and O–H groups in total.